The predicted molar refractivity (Wildman–Crippen MR) is 84.3 cm³/mol. The van der Waals surface area contributed by atoms with Crippen LogP contribution in [-0.4, -0.2) is 11.9 Å². The Bertz CT molecular complexity index is 381. The average molecular weight is 276 g/mol. The van der Waals surface area contributed by atoms with E-state index in [4.69, 9.17) is 4.74 Å². The van der Waals surface area contributed by atoms with Gasteiger partial charge in [-0.3, -0.25) is 4.79 Å². The van der Waals surface area contributed by atoms with Gasteiger partial charge in [0.05, 0.1) is 0 Å². The van der Waals surface area contributed by atoms with Crippen molar-refractivity contribution in [1.29, 1.82) is 0 Å². The van der Waals surface area contributed by atoms with E-state index >= 15 is 0 Å². The van der Waals surface area contributed by atoms with Gasteiger partial charge in [-0.2, -0.15) is 0 Å². The zero-order chi connectivity index (χ0) is 14.8. The zero-order valence-electron chi connectivity index (χ0n) is 13.2. The molecule has 2 nitrogen and oxygen atoms in total. The van der Waals surface area contributed by atoms with E-state index in [1.165, 1.54) is 44.1 Å². The second kappa shape index (κ2) is 9.57. The SMILES string of the molecule is CCCCCCCCc1ccc(OC(C)C(C)=O)cc1. The summed E-state index contributed by atoms with van der Waals surface area (Å²) in [5.74, 6) is 0.834. The molecule has 112 valence electrons. The highest BCUT2D eigenvalue weighted by Crippen LogP contribution is 2.16. The molecule has 0 aliphatic heterocycles. The van der Waals surface area contributed by atoms with Crippen LogP contribution in [0.2, 0.25) is 0 Å². The lowest BCUT2D eigenvalue weighted by Crippen LogP contribution is -2.20. The van der Waals surface area contributed by atoms with Crippen LogP contribution in [0.25, 0.3) is 0 Å². The van der Waals surface area contributed by atoms with E-state index in [-0.39, 0.29) is 11.9 Å². The van der Waals surface area contributed by atoms with Gasteiger partial charge < -0.3 is 4.74 Å². The van der Waals surface area contributed by atoms with Crippen molar-refractivity contribution in [2.24, 2.45) is 0 Å². The summed E-state index contributed by atoms with van der Waals surface area (Å²) in [4.78, 5) is 11.1. The minimum absolute atomic E-state index is 0.0566. The Kier molecular flexibility index (Phi) is 8.01. The highest BCUT2D eigenvalue weighted by atomic mass is 16.5. The Morgan fingerprint density at radius 1 is 1.05 bits per heavy atom. The smallest absolute Gasteiger partial charge is 0.169 e. The molecule has 0 fully saturated rings. The van der Waals surface area contributed by atoms with E-state index in [9.17, 15) is 4.79 Å². The third kappa shape index (κ3) is 6.74. The number of ketones is 1. The Balaban J connectivity index is 2.26. The first-order chi connectivity index (χ1) is 9.63. The van der Waals surface area contributed by atoms with Crippen LogP contribution in [-0.2, 0) is 11.2 Å². The third-order valence-corrected chi connectivity index (χ3v) is 3.63. The molecule has 0 radical (unpaired) electrons. The van der Waals surface area contributed by atoms with E-state index in [1.54, 1.807) is 13.8 Å². The quantitative estimate of drug-likeness (QED) is 0.565. The maximum absolute atomic E-state index is 11.1. The lowest BCUT2D eigenvalue weighted by atomic mass is 10.0. The van der Waals surface area contributed by atoms with Crippen LogP contribution in [0.5, 0.6) is 5.75 Å². The van der Waals surface area contributed by atoms with Gasteiger partial charge in [0.25, 0.3) is 0 Å². The first kappa shape index (κ1) is 16.7. The summed E-state index contributed by atoms with van der Waals surface area (Å²) in [6.07, 6.45) is 8.74. The first-order valence-electron chi connectivity index (χ1n) is 7.89. The fraction of sp³-hybridized carbons (Fsp3) is 0.611. The van der Waals surface area contributed by atoms with Crippen LogP contribution in [0.1, 0.15) is 64.9 Å². The fourth-order valence-corrected chi connectivity index (χ4v) is 2.13. The molecule has 1 rings (SSSR count). The maximum atomic E-state index is 11.1. The zero-order valence-corrected chi connectivity index (χ0v) is 13.2. The number of benzene rings is 1. The van der Waals surface area contributed by atoms with Gasteiger partial charge in [0.1, 0.15) is 5.75 Å². The van der Waals surface area contributed by atoms with E-state index in [0.717, 1.165) is 12.2 Å². The molecule has 0 aliphatic carbocycles. The summed E-state index contributed by atoms with van der Waals surface area (Å²) in [7, 11) is 0. The standard InChI is InChI=1S/C18H28O2/c1-4-5-6-7-8-9-10-17-11-13-18(14-12-17)20-16(3)15(2)19/h11-14,16H,4-10H2,1-3H3. The Morgan fingerprint density at radius 2 is 1.65 bits per heavy atom. The molecule has 0 heterocycles. The minimum Gasteiger partial charge on any atom is -0.483 e. The molecule has 1 aromatic rings. The van der Waals surface area contributed by atoms with Gasteiger partial charge in [-0.1, -0.05) is 51.2 Å². The lowest BCUT2D eigenvalue weighted by molar-refractivity contribution is -0.122. The second-order valence-electron chi connectivity index (χ2n) is 5.53. The molecule has 0 saturated heterocycles. The van der Waals surface area contributed by atoms with E-state index in [1.807, 2.05) is 12.1 Å². The molecule has 0 amide bonds. The number of rotatable bonds is 10. The van der Waals surface area contributed by atoms with Crippen molar-refractivity contribution in [3.8, 4) is 5.75 Å². The van der Waals surface area contributed by atoms with Crippen LogP contribution >= 0.6 is 0 Å². The van der Waals surface area contributed by atoms with Crippen molar-refractivity contribution in [2.45, 2.75) is 71.8 Å². The van der Waals surface area contributed by atoms with Crippen LogP contribution in [0.4, 0.5) is 0 Å². The van der Waals surface area contributed by atoms with Crippen LogP contribution in [0.3, 0.4) is 0 Å². The molecule has 20 heavy (non-hydrogen) atoms. The molecule has 0 saturated carbocycles. The average Bonchev–Trinajstić information content (AvgIpc) is 2.44. The molecular weight excluding hydrogens is 248 g/mol. The molecule has 0 N–H and O–H groups in total. The van der Waals surface area contributed by atoms with Crippen molar-refractivity contribution < 1.29 is 9.53 Å². The summed E-state index contributed by atoms with van der Waals surface area (Å²) in [6.45, 7) is 5.58. The number of Topliss-reactive ketones (excluding diaryl/α,β-unsaturated/α-hetero) is 1. The molecule has 0 aliphatic rings. The van der Waals surface area contributed by atoms with Gasteiger partial charge in [-0.25, -0.2) is 0 Å². The van der Waals surface area contributed by atoms with E-state index in [2.05, 4.69) is 19.1 Å². The highest BCUT2D eigenvalue weighted by molar-refractivity contribution is 5.80. The number of carbonyl (C=O) groups is 1. The molecule has 0 bridgehead atoms. The first-order valence-corrected chi connectivity index (χ1v) is 7.89. The monoisotopic (exact) mass is 276 g/mol. The van der Waals surface area contributed by atoms with Crippen molar-refractivity contribution >= 4 is 5.78 Å². The van der Waals surface area contributed by atoms with Crippen LogP contribution < -0.4 is 4.74 Å². The Labute approximate surface area is 123 Å². The van der Waals surface area contributed by atoms with E-state index in [0.29, 0.717) is 0 Å². The largest absolute Gasteiger partial charge is 0.483 e. The molecule has 1 aromatic carbocycles. The summed E-state index contributed by atoms with van der Waals surface area (Å²) in [5.41, 5.74) is 1.35. The Hall–Kier alpha value is -1.31. The van der Waals surface area contributed by atoms with Gasteiger partial charge in [0.15, 0.2) is 11.9 Å². The van der Waals surface area contributed by atoms with Crippen LogP contribution in [0.15, 0.2) is 24.3 Å². The Morgan fingerprint density at radius 3 is 2.25 bits per heavy atom. The summed E-state index contributed by atoms with van der Waals surface area (Å²) < 4.78 is 5.55. The predicted octanol–water partition coefficient (Wildman–Crippen LogP) is 4.95. The molecule has 0 aromatic heterocycles. The summed E-state index contributed by atoms with van der Waals surface area (Å²) >= 11 is 0. The fourth-order valence-electron chi connectivity index (χ4n) is 2.13. The molecule has 1 unspecified atom stereocenters. The number of aryl methyl sites for hydroxylation is 1. The molecular formula is C18H28O2. The van der Waals surface area contributed by atoms with Crippen LogP contribution in [0, 0.1) is 0 Å². The number of hydrogen-bond acceptors (Lipinski definition) is 2. The van der Waals surface area contributed by atoms with Crippen molar-refractivity contribution in [3.63, 3.8) is 0 Å². The van der Waals surface area contributed by atoms with Gasteiger partial charge in [-0.05, 0) is 44.4 Å². The molecule has 1 atom stereocenters. The normalized spacial score (nSPS) is 12.2. The van der Waals surface area contributed by atoms with Gasteiger partial charge in [0, 0.05) is 0 Å². The highest BCUT2D eigenvalue weighted by Gasteiger charge is 2.08. The maximum Gasteiger partial charge on any atom is 0.169 e. The van der Waals surface area contributed by atoms with Gasteiger partial charge in [0.2, 0.25) is 0 Å². The summed E-state index contributed by atoms with van der Waals surface area (Å²) in [6, 6.07) is 8.14. The van der Waals surface area contributed by atoms with Crippen molar-refractivity contribution in [1.82, 2.24) is 0 Å². The van der Waals surface area contributed by atoms with Crippen molar-refractivity contribution in [2.75, 3.05) is 0 Å². The topological polar surface area (TPSA) is 26.3 Å². The number of hydrogen-bond donors (Lipinski definition) is 0. The van der Waals surface area contributed by atoms with Gasteiger partial charge in [-0.15, -0.1) is 0 Å². The second-order valence-corrected chi connectivity index (χ2v) is 5.53. The third-order valence-electron chi connectivity index (χ3n) is 3.63. The minimum atomic E-state index is -0.362. The number of unbranched alkanes of at least 4 members (excludes halogenated alkanes) is 5. The van der Waals surface area contributed by atoms with Crippen molar-refractivity contribution in [3.05, 3.63) is 29.8 Å². The lowest BCUT2D eigenvalue weighted by Gasteiger charge is -2.11. The molecule has 0 spiro atoms. The summed E-state index contributed by atoms with van der Waals surface area (Å²) in [5, 5.41) is 0. The number of carbonyl (C=O) groups excluding carboxylic acids is 1. The number of ether oxygens (including phenoxy) is 1. The van der Waals surface area contributed by atoms with Gasteiger partial charge >= 0.3 is 0 Å². The molecule has 2 heteroatoms. The van der Waals surface area contributed by atoms with E-state index < -0.39 is 0 Å².